The van der Waals surface area contributed by atoms with Crippen LogP contribution in [-0.2, 0) is 14.3 Å². The van der Waals surface area contributed by atoms with Crippen molar-refractivity contribution in [1.82, 2.24) is 0 Å². The maximum atomic E-state index is 10.7. The lowest BCUT2D eigenvalue weighted by molar-refractivity contribution is -0.133. The molecule has 0 amide bonds. The van der Waals surface area contributed by atoms with E-state index in [9.17, 15) is 9.59 Å². The third kappa shape index (κ3) is 3.47. The molecule has 1 aromatic carbocycles. The molecule has 4 heteroatoms. The Labute approximate surface area is 86.6 Å². The first-order valence-electron chi connectivity index (χ1n) is 4.04. The Balaban J connectivity index is 2.83. The first-order chi connectivity index (χ1) is 7.26. The van der Waals surface area contributed by atoms with Crippen LogP contribution in [0.2, 0.25) is 0 Å². The molecule has 0 aliphatic carbocycles. The van der Waals surface area contributed by atoms with E-state index in [0.717, 1.165) is 0 Å². The molecule has 0 aliphatic rings. The number of rotatable bonds is 1. The van der Waals surface area contributed by atoms with Gasteiger partial charge in [0.1, 0.15) is 0 Å². The Bertz CT molecular complexity index is 459. The molecule has 0 aromatic heterocycles. The Morgan fingerprint density at radius 2 is 2.00 bits per heavy atom. The number of hydrogen-bond donors (Lipinski definition) is 0. The fourth-order valence-corrected chi connectivity index (χ4v) is 0.846. The van der Waals surface area contributed by atoms with Crippen LogP contribution in [-0.4, -0.2) is 19.2 Å². The molecule has 4 nitrogen and oxygen atoms in total. The first kappa shape index (κ1) is 10.7. The van der Waals surface area contributed by atoms with Crippen LogP contribution in [0.4, 0.5) is 5.69 Å². The molecule has 0 fully saturated rings. The van der Waals surface area contributed by atoms with Crippen LogP contribution in [0.3, 0.4) is 0 Å². The van der Waals surface area contributed by atoms with Gasteiger partial charge in [0.25, 0.3) is 0 Å². The Morgan fingerprint density at radius 3 is 2.53 bits per heavy atom. The third-order valence-electron chi connectivity index (χ3n) is 1.54. The number of hydrogen-bond acceptors (Lipinski definition) is 4. The molecule has 1 aromatic rings. The highest BCUT2D eigenvalue weighted by Crippen LogP contribution is 2.10. The maximum Gasteiger partial charge on any atom is 0.384 e. The van der Waals surface area contributed by atoms with Gasteiger partial charge in [-0.3, -0.25) is 0 Å². The van der Waals surface area contributed by atoms with E-state index in [1.165, 1.54) is 13.2 Å². The molecule has 0 saturated carbocycles. The number of ether oxygens (including phenoxy) is 1. The summed E-state index contributed by atoms with van der Waals surface area (Å²) in [5.41, 5.74) is 1.14. The van der Waals surface area contributed by atoms with Crippen LogP contribution in [0.1, 0.15) is 5.56 Å². The average Bonchev–Trinajstić information content (AvgIpc) is 2.28. The second-order valence-corrected chi connectivity index (χ2v) is 2.49. The lowest BCUT2D eigenvalue weighted by Crippen LogP contribution is -1.94. The number of nitrogens with zero attached hydrogens (tertiary/aromatic N) is 1. The topological polar surface area (TPSA) is 55.7 Å². The van der Waals surface area contributed by atoms with E-state index < -0.39 is 5.97 Å². The van der Waals surface area contributed by atoms with E-state index in [2.05, 4.69) is 21.6 Å². The number of benzene rings is 1. The number of carbonyl (C=O) groups excluding carboxylic acids is 2. The molecule has 0 atom stereocenters. The number of carbonyl (C=O) groups is 1. The van der Waals surface area contributed by atoms with Crippen LogP contribution in [0.15, 0.2) is 29.3 Å². The molecule has 74 valence electrons. The van der Waals surface area contributed by atoms with Crippen LogP contribution >= 0.6 is 0 Å². The largest absolute Gasteiger partial charge is 0.459 e. The van der Waals surface area contributed by atoms with Crippen molar-refractivity contribution >= 4 is 17.7 Å². The minimum Gasteiger partial charge on any atom is -0.459 e. The quantitative estimate of drug-likeness (QED) is 0.296. The van der Waals surface area contributed by atoms with Gasteiger partial charge in [0.2, 0.25) is 6.08 Å². The second kappa shape index (κ2) is 5.38. The summed E-state index contributed by atoms with van der Waals surface area (Å²) in [5.74, 6) is 4.29. The number of isocyanates is 1. The minimum atomic E-state index is -0.593. The molecular formula is C11H7NO3. The van der Waals surface area contributed by atoms with E-state index in [-0.39, 0.29) is 0 Å². The van der Waals surface area contributed by atoms with Gasteiger partial charge in [0, 0.05) is 11.5 Å². The molecule has 0 aliphatic heterocycles. The van der Waals surface area contributed by atoms with Gasteiger partial charge in [-0.1, -0.05) is 5.92 Å². The van der Waals surface area contributed by atoms with E-state index in [4.69, 9.17) is 0 Å². The summed E-state index contributed by atoms with van der Waals surface area (Å²) >= 11 is 0. The Hall–Kier alpha value is -2.37. The Kier molecular flexibility index (Phi) is 3.84. The molecule has 0 radical (unpaired) electrons. The molecular weight excluding hydrogens is 194 g/mol. The van der Waals surface area contributed by atoms with Crippen molar-refractivity contribution < 1.29 is 14.3 Å². The van der Waals surface area contributed by atoms with Gasteiger partial charge in [-0.2, -0.15) is 4.99 Å². The van der Waals surface area contributed by atoms with Crippen LogP contribution < -0.4 is 0 Å². The van der Waals surface area contributed by atoms with Crippen molar-refractivity contribution in [1.29, 1.82) is 0 Å². The number of esters is 1. The van der Waals surface area contributed by atoms with Crippen molar-refractivity contribution in [3.8, 4) is 11.8 Å². The van der Waals surface area contributed by atoms with Gasteiger partial charge >= 0.3 is 5.97 Å². The maximum absolute atomic E-state index is 10.7. The standard InChI is InChI=1S/C11H7NO3/c1-15-11(14)7-4-9-2-5-10(6-3-9)12-8-13/h2-3,5-6H,1H3. The van der Waals surface area contributed by atoms with E-state index in [1.54, 1.807) is 24.3 Å². The van der Waals surface area contributed by atoms with Gasteiger partial charge in [0.15, 0.2) is 0 Å². The Morgan fingerprint density at radius 1 is 1.33 bits per heavy atom. The van der Waals surface area contributed by atoms with Crippen LogP contribution in [0, 0.1) is 11.8 Å². The first-order valence-corrected chi connectivity index (χ1v) is 4.04. The zero-order chi connectivity index (χ0) is 11.1. The molecule has 0 heterocycles. The molecule has 0 spiro atoms. The van der Waals surface area contributed by atoms with Crippen LogP contribution in [0.5, 0.6) is 0 Å². The lowest BCUT2D eigenvalue weighted by atomic mass is 10.2. The molecule has 0 saturated heterocycles. The predicted octanol–water partition coefficient (Wildman–Crippen LogP) is 1.18. The monoisotopic (exact) mass is 201 g/mol. The van der Waals surface area contributed by atoms with E-state index >= 15 is 0 Å². The lowest BCUT2D eigenvalue weighted by Gasteiger charge is -1.90. The molecule has 15 heavy (non-hydrogen) atoms. The van der Waals surface area contributed by atoms with Gasteiger partial charge < -0.3 is 4.74 Å². The zero-order valence-electron chi connectivity index (χ0n) is 7.98. The average molecular weight is 201 g/mol. The summed E-state index contributed by atoms with van der Waals surface area (Å²) in [5, 5.41) is 0. The molecule has 0 N–H and O–H groups in total. The van der Waals surface area contributed by atoms with Gasteiger partial charge in [-0.15, -0.1) is 0 Å². The van der Waals surface area contributed by atoms with Crippen molar-refractivity contribution in [2.24, 2.45) is 4.99 Å². The van der Waals surface area contributed by atoms with Gasteiger partial charge in [-0.05, 0) is 24.3 Å². The van der Waals surface area contributed by atoms with Crippen molar-refractivity contribution in [3.05, 3.63) is 29.8 Å². The summed E-state index contributed by atoms with van der Waals surface area (Å²) < 4.78 is 4.35. The summed E-state index contributed by atoms with van der Waals surface area (Å²) in [7, 11) is 1.26. The molecule has 1 rings (SSSR count). The van der Waals surface area contributed by atoms with Crippen molar-refractivity contribution in [2.75, 3.05) is 7.11 Å². The molecule has 0 bridgehead atoms. The third-order valence-corrected chi connectivity index (χ3v) is 1.54. The zero-order valence-corrected chi connectivity index (χ0v) is 7.98. The van der Waals surface area contributed by atoms with Gasteiger partial charge in [-0.25, -0.2) is 9.59 Å². The van der Waals surface area contributed by atoms with Gasteiger partial charge in [0.05, 0.1) is 12.8 Å². The fourth-order valence-electron chi connectivity index (χ4n) is 0.846. The number of aliphatic imine (C=N–C) groups is 1. The minimum absolute atomic E-state index is 0.494. The highest BCUT2D eigenvalue weighted by atomic mass is 16.5. The smallest absolute Gasteiger partial charge is 0.384 e. The van der Waals surface area contributed by atoms with Crippen molar-refractivity contribution in [3.63, 3.8) is 0 Å². The predicted molar refractivity (Wildman–Crippen MR) is 53.1 cm³/mol. The van der Waals surface area contributed by atoms with Crippen LogP contribution in [0.25, 0.3) is 0 Å². The summed E-state index contributed by atoms with van der Waals surface area (Å²) in [6, 6.07) is 6.50. The normalized spacial score (nSPS) is 8.07. The highest BCUT2D eigenvalue weighted by Gasteiger charge is 1.91. The molecule has 0 unspecified atom stereocenters. The second-order valence-electron chi connectivity index (χ2n) is 2.49. The summed E-state index contributed by atoms with van der Waals surface area (Å²) in [6.07, 6.45) is 1.43. The number of methoxy groups -OCH3 is 1. The summed E-state index contributed by atoms with van der Waals surface area (Å²) in [6.45, 7) is 0. The van der Waals surface area contributed by atoms with Crippen molar-refractivity contribution in [2.45, 2.75) is 0 Å². The SMILES string of the molecule is COC(=O)C#Cc1ccc(N=C=O)cc1. The van der Waals surface area contributed by atoms with E-state index in [0.29, 0.717) is 11.3 Å². The fraction of sp³-hybridized carbons (Fsp3) is 0.0909. The highest BCUT2D eigenvalue weighted by molar-refractivity contribution is 5.89. The summed E-state index contributed by atoms with van der Waals surface area (Å²) in [4.78, 5) is 24.0. The van der Waals surface area contributed by atoms with E-state index in [1.807, 2.05) is 0 Å².